The van der Waals surface area contributed by atoms with Crippen molar-refractivity contribution >= 4 is 34.7 Å². The highest BCUT2D eigenvalue weighted by Crippen LogP contribution is 2.19. The fourth-order valence-corrected chi connectivity index (χ4v) is 2.46. The Kier molecular flexibility index (Phi) is 4.12. The molecule has 24 heavy (non-hydrogen) atoms. The van der Waals surface area contributed by atoms with Gasteiger partial charge in [-0.3, -0.25) is 5.41 Å². The highest BCUT2D eigenvalue weighted by Gasteiger charge is 2.01. The number of nitrogens with two attached hydrogens (primary N) is 1. The summed E-state index contributed by atoms with van der Waals surface area (Å²) in [5, 5.41) is 18.5. The van der Waals surface area contributed by atoms with E-state index in [0.29, 0.717) is 5.56 Å². The molecule has 0 saturated carbocycles. The molecular formula is C20H16N2O2. The molecule has 118 valence electrons. The normalized spacial score (nSPS) is 11.0. The highest BCUT2D eigenvalue weighted by atomic mass is 16.4. The molecule has 3 rings (SSSR count). The topological polar surface area (TPSA) is 87.2 Å². The molecule has 4 heteroatoms. The van der Waals surface area contributed by atoms with Gasteiger partial charge >= 0.3 is 5.97 Å². The summed E-state index contributed by atoms with van der Waals surface area (Å²) in [5.41, 5.74) is 8.48. The summed E-state index contributed by atoms with van der Waals surface area (Å²) < 4.78 is 0. The maximum Gasteiger partial charge on any atom is 0.335 e. The summed E-state index contributed by atoms with van der Waals surface area (Å²) >= 11 is 0. The maximum atomic E-state index is 10.8. The van der Waals surface area contributed by atoms with E-state index in [1.807, 2.05) is 42.5 Å². The third kappa shape index (κ3) is 3.33. The van der Waals surface area contributed by atoms with Crippen LogP contribution >= 0.6 is 0 Å². The number of benzene rings is 3. The predicted molar refractivity (Wildman–Crippen MR) is 97.3 cm³/mol. The van der Waals surface area contributed by atoms with Crippen LogP contribution in [0.25, 0.3) is 22.9 Å². The largest absolute Gasteiger partial charge is 0.478 e. The molecule has 0 heterocycles. The van der Waals surface area contributed by atoms with Crippen molar-refractivity contribution in [2.24, 2.45) is 5.73 Å². The maximum absolute atomic E-state index is 10.8. The average Bonchev–Trinajstić information content (AvgIpc) is 2.59. The first-order valence-electron chi connectivity index (χ1n) is 7.42. The minimum absolute atomic E-state index is 0.0608. The van der Waals surface area contributed by atoms with Crippen LogP contribution in [0, 0.1) is 5.41 Å². The van der Waals surface area contributed by atoms with Gasteiger partial charge in [0.05, 0.1) is 5.56 Å². The van der Waals surface area contributed by atoms with Crippen molar-refractivity contribution < 1.29 is 9.90 Å². The third-order valence-corrected chi connectivity index (χ3v) is 3.80. The zero-order chi connectivity index (χ0) is 17.1. The molecule has 0 aliphatic heterocycles. The van der Waals surface area contributed by atoms with Crippen molar-refractivity contribution in [3.8, 4) is 0 Å². The lowest BCUT2D eigenvalue weighted by atomic mass is 10.0. The Balaban J connectivity index is 1.85. The van der Waals surface area contributed by atoms with Crippen molar-refractivity contribution in [1.29, 1.82) is 5.41 Å². The number of carbonyl (C=O) groups is 1. The Bertz CT molecular complexity index is 957. The Hall–Kier alpha value is -3.40. The van der Waals surface area contributed by atoms with Gasteiger partial charge in [-0.25, -0.2) is 4.79 Å². The molecule has 3 aromatic rings. The zero-order valence-electron chi connectivity index (χ0n) is 12.9. The van der Waals surface area contributed by atoms with Crippen LogP contribution < -0.4 is 5.73 Å². The molecule has 4 nitrogen and oxygen atoms in total. The van der Waals surface area contributed by atoms with Gasteiger partial charge in [0, 0.05) is 5.56 Å². The van der Waals surface area contributed by atoms with E-state index in [1.54, 1.807) is 24.3 Å². The molecule has 0 aliphatic carbocycles. The molecule has 0 aromatic heterocycles. The number of aromatic carboxylic acids is 1. The smallest absolute Gasteiger partial charge is 0.335 e. The monoisotopic (exact) mass is 316 g/mol. The first-order chi connectivity index (χ1) is 11.5. The fraction of sp³-hybridized carbons (Fsp3) is 0. The van der Waals surface area contributed by atoms with E-state index >= 15 is 0 Å². The van der Waals surface area contributed by atoms with E-state index in [9.17, 15) is 4.79 Å². The molecule has 0 atom stereocenters. The highest BCUT2D eigenvalue weighted by molar-refractivity contribution is 5.99. The van der Waals surface area contributed by atoms with Crippen LogP contribution in [0.2, 0.25) is 0 Å². The van der Waals surface area contributed by atoms with Crippen molar-refractivity contribution in [3.05, 3.63) is 82.9 Å². The number of nitrogens with one attached hydrogen (secondary N) is 1. The van der Waals surface area contributed by atoms with E-state index in [0.717, 1.165) is 21.9 Å². The van der Waals surface area contributed by atoms with Crippen LogP contribution in [0.4, 0.5) is 0 Å². The van der Waals surface area contributed by atoms with Gasteiger partial charge in [-0.05, 0) is 46.2 Å². The second-order valence-corrected chi connectivity index (χ2v) is 5.50. The molecule has 0 amide bonds. The van der Waals surface area contributed by atoms with Crippen molar-refractivity contribution in [3.63, 3.8) is 0 Å². The van der Waals surface area contributed by atoms with Gasteiger partial charge < -0.3 is 10.8 Å². The standard InChI is InChI=1S/C20H16N2O2/c21-19(22)18-10-9-16-11-14(5-8-17(16)12-18)2-1-13-3-6-15(7-4-13)20(23)24/h1-12H,(H3,21,22)(H,23,24)/b2-1+. The van der Waals surface area contributed by atoms with Gasteiger partial charge in [0.2, 0.25) is 0 Å². The lowest BCUT2D eigenvalue weighted by Crippen LogP contribution is -2.10. The van der Waals surface area contributed by atoms with Crippen LogP contribution in [-0.2, 0) is 0 Å². The third-order valence-electron chi connectivity index (χ3n) is 3.80. The van der Waals surface area contributed by atoms with Gasteiger partial charge in [-0.15, -0.1) is 0 Å². The summed E-state index contributed by atoms with van der Waals surface area (Å²) in [6.45, 7) is 0. The number of carboxylic acid groups (broad SMARTS) is 1. The first kappa shape index (κ1) is 15.5. The molecule has 0 fully saturated rings. The summed E-state index contributed by atoms with van der Waals surface area (Å²) in [5.74, 6) is -0.865. The van der Waals surface area contributed by atoms with Crippen LogP contribution in [0.3, 0.4) is 0 Å². The molecule has 0 aliphatic rings. The number of carboxylic acids is 1. The number of hydrogen-bond acceptors (Lipinski definition) is 2. The van der Waals surface area contributed by atoms with Crippen molar-refractivity contribution in [2.75, 3.05) is 0 Å². The first-order valence-corrected chi connectivity index (χ1v) is 7.42. The fourth-order valence-electron chi connectivity index (χ4n) is 2.46. The van der Waals surface area contributed by atoms with Gasteiger partial charge in [0.25, 0.3) is 0 Å². The Labute approximate surface area is 139 Å². The molecular weight excluding hydrogens is 300 g/mol. The van der Waals surface area contributed by atoms with Crippen molar-refractivity contribution in [1.82, 2.24) is 0 Å². The Morgan fingerprint density at radius 2 is 1.38 bits per heavy atom. The zero-order valence-corrected chi connectivity index (χ0v) is 12.9. The van der Waals surface area contributed by atoms with E-state index in [4.69, 9.17) is 16.2 Å². The number of nitrogen functional groups attached to an aromatic ring is 1. The SMILES string of the molecule is N=C(N)c1ccc2cc(/C=C/c3ccc(C(=O)O)cc3)ccc2c1. The molecule has 0 radical (unpaired) electrons. The number of rotatable bonds is 4. The second kappa shape index (κ2) is 6.38. The van der Waals surface area contributed by atoms with Gasteiger partial charge in [0.15, 0.2) is 0 Å². The lowest BCUT2D eigenvalue weighted by molar-refractivity contribution is 0.0697. The van der Waals surface area contributed by atoms with E-state index in [2.05, 4.69) is 6.07 Å². The summed E-state index contributed by atoms with van der Waals surface area (Å²) in [6, 6.07) is 18.5. The van der Waals surface area contributed by atoms with Crippen LogP contribution in [0.15, 0.2) is 60.7 Å². The van der Waals surface area contributed by atoms with Crippen LogP contribution in [0.1, 0.15) is 27.0 Å². The summed E-state index contributed by atoms with van der Waals surface area (Å²) in [6.07, 6.45) is 3.92. The molecule has 4 N–H and O–H groups in total. The number of amidine groups is 1. The summed E-state index contributed by atoms with van der Waals surface area (Å²) in [4.78, 5) is 10.8. The lowest BCUT2D eigenvalue weighted by Gasteiger charge is -2.03. The minimum Gasteiger partial charge on any atom is -0.478 e. The second-order valence-electron chi connectivity index (χ2n) is 5.50. The van der Waals surface area contributed by atoms with Gasteiger partial charge in [-0.1, -0.05) is 48.6 Å². The van der Waals surface area contributed by atoms with Crippen LogP contribution in [-0.4, -0.2) is 16.9 Å². The molecule has 0 saturated heterocycles. The van der Waals surface area contributed by atoms with E-state index in [-0.39, 0.29) is 11.4 Å². The molecule has 0 spiro atoms. The Morgan fingerprint density at radius 3 is 2.04 bits per heavy atom. The molecule has 0 bridgehead atoms. The van der Waals surface area contributed by atoms with Gasteiger partial charge in [-0.2, -0.15) is 0 Å². The van der Waals surface area contributed by atoms with Crippen LogP contribution in [0.5, 0.6) is 0 Å². The van der Waals surface area contributed by atoms with E-state index < -0.39 is 5.97 Å². The molecule has 3 aromatic carbocycles. The number of fused-ring (bicyclic) bond motifs is 1. The minimum atomic E-state index is -0.926. The Morgan fingerprint density at radius 1 is 0.833 bits per heavy atom. The van der Waals surface area contributed by atoms with Gasteiger partial charge in [0.1, 0.15) is 5.84 Å². The quantitative estimate of drug-likeness (QED) is 0.386. The van der Waals surface area contributed by atoms with Crippen molar-refractivity contribution in [2.45, 2.75) is 0 Å². The number of hydrogen-bond donors (Lipinski definition) is 3. The average molecular weight is 316 g/mol. The predicted octanol–water partition coefficient (Wildman–Crippen LogP) is 3.99. The van der Waals surface area contributed by atoms with E-state index in [1.165, 1.54) is 0 Å². The molecule has 0 unspecified atom stereocenters. The summed E-state index contributed by atoms with van der Waals surface area (Å²) in [7, 11) is 0.